The van der Waals surface area contributed by atoms with Crippen molar-refractivity contribution in [2.24, 2.45) is 5.92 Å². The lowest BCUT2D eigenvalue weighted by Crippen LogP contribution is -2.43. The zero-order valence-electron chi connectivity index (χ0n) is 15.8. The maximum Gasteiger partial charge on any atom is 0.243 e. The van der Waals surface area contributed by atoms with Crippen LogP contribution in [0, 0.1) is 12.8 Å². The van der Waals surface area contributed by atoms with E-state index in [0.29, 0.717) is 29.5 Å². The van der Waals surface area contributed by atoms with Crippen LogP contribution in [0.1, 0.15) is 18.4 Å². The van der Waals surface area contributed by atoms with E-state index in [9.17, 15) is 13.2 Å². The van der Waals surface area contributed by atoms with Gasteiger partial charge in [-0.05, 0) is 43.5 Å². The van der Waals surface area contributed by atoms with Gasteiger partial charge in [0.1, 0.15) is 0 Å². The second kappa shape index (κ2) is 8.02. The number of piperidine rings is 1. The van der Waals surface area contributed by atoms with Gasteiger partial charge in [-0.25, -0.2) is 13.4 Å². The number of aromatic nitrogens is 1. The molecule has 2 aromatic carbocycles. The normalized spacial score (nSPS) is 18.1. The number of sulfonamides is 1. The molecule has 0 bridgehead atoms. The van der Waals surface area contributed by atoms with Crippen LogP contribution < -0.4 is 5.32 Å². The van der Waals surface area contributed by atoms with Crippen LogP contribution in [0.5, 0.6) is 0 Å². The number of aryl methyl sites for hydroxylation is 1. The molecule has 4 rings (SSSR count). The number of rotatable bonds is 4. The topological polar surface area (TPSA) is 79.4 Å². The Kier molecular flexibility index (Phi) is 5.61. The Balaban J connectivity index is 1.51. The second-order valence-corrected chi connectivity index (χ2v) is 10.4. The number of nitrogens with one attached hydrogen (secondary N) is 1. The van der Waals surface area contributed by atoms with Crippen molar-refractivity contribution in [1.82, 2.24) is 9.29 Å². The molecule has 1 saturated heterocycles. The number of benzene rings is 2. The summed E-state index contributed by atoms with van der Waals surface area (Å²) in [7, 11) is -3.61. The summed E-state index contributed by atoms with van der Waals surface area (Å²) < 4.78 is 28.0. The fourth-order valence-electron chi connectivity index (χ4n) is 3.48. The minimum absolute atomic E-state index is 0.160. The molecule has 0 aliphatic carbocycles. The second-order valence-electron chi connectivity index (χ2n) is 7.07. The molecule has 0 radical (unpaired) electrons. The molecule has 152 valence electrons. The van der Waals surface area contributed by atoms with Gasteiger partial charge in [-0.15, -0.1) is 0 Å². The molecule has 3 aromatic rings. The Morgan fingerprint density at radius 2 is 2.00 bits per heavy atom. The molecular formula is C20H20ClN3O3S2. The van der Waals surface area contributed by atoms with Gasteiger partial charge in [0.05, 0.1) is 26.1 Å². The lowest BCUT2D eigenvalue weighted by atomic mass is 9.99. The van der Waals surface area contributed by atoms with Crippen LogP contribution in [0.3, 0.4) is 0 Å². The minimum atomic E-state index is -3.61. The van der Waals surface area contributed by atoms with Crippen molar-refractivity contribution >= 4 is 54.2 Å². The predicted molar refractivity (Wildman–Crippen MR) is 116 cm³/mol. The Morgan fingerprint density at radius 3 is 2.72 bits per heavy atom. The number of hydrogen-bond donors (Lipinski definition) is 1. The van der Waals surface area contributed by atoms with E-state index in [2.05, 4.69) is 10.3 Å². The molecule has 1 aromatic heterocycles. The number of halogens is 1. The molecule has 1 N–H and O–H groups in total. The number of hydrogen-bond acceptors (Lipinski definition) is 5. The maximum absolute atomic E-state index is 12.9. The molecule has 0 saturated carbocycles. The van der Waals surface area contributed by atoms with Gasteiger partial charge in [-0.1, -0.05) is 47.2 Å². The zero-order chi connectivity index (χ0) is 20.6. The van der Waals surface area contributed by atoms with Crippen molar-refractivity contribution in [2.45, 2.75) is 24.7 Å². The van der Waals surface area contributed by atoms with Gasteiger partial charge in [0, 0.05) is 13.1 Å². The van der Waals surface area contributed by atoms with Crippen LogP contribution in [-0.2, 0) is 14.8 Å². The Bertz CT molecular complexity index is 1120. The van der Waals surface area contributed by atoms with E-state index in [1.54, 1.807) is 30.3 Å². The Hall–Kier alpha value is -2.00. The summed E-state index contributed by atoms with van der Waals surface area (Å²) in [6.07, 6.45) is 1.27. The third-order valence-electron chi connectivity index (χ3n) is 5.06. The van der Waals surface area contributed by atoms with Gasteiger partial charge in [0.2, 0.25) is 15.9 Å². The Morgan fingerprint density at radius 1 is 1.24 bits per heavy atom. The summed E-state index contributed by atoms with van der Waals surface area (Å²) in [5.74, 6) is -0.642. The summed E-state index contributed by atoms with van der Waals surface area (Å²) in [4.78, 5) is 17.6. The molecule has 29 heavy (non-hydrogen) atoms. The maximum atomic E-state index is 12.9. The van der Waals surface area contributed by atoms with Gasteiger partial charge >= 0.3 is 0 Å². The largest absolute Gasteiger partial charge is 0.302 e. The highest BCUT2D eigenvalue weighted by Gasteiger charge is 2.33. The fourth-order valence-corrected chi connectivity index (χ4v) is 6.24. The number of thiazole rings is 1. The standard InChI is InChI=1S/C20H20ClN3O3S2/c1-13-9-10-16(21)18-17(13)22-20(28-18)23-19(25)14-6-5-11-24(12-14)29(26,27)15-7-3-2-4-8-15/h2-4,7-10,14H,5-6,11-12H2,1H3,(H,22,23,25). The van der Waals surface area contributed by atoms with E-state index in [1.165, 1.54) is 15.6 Å². The van der Waals surface area contributed by atoms with Crippen molar-refractivity contribution in [1.29, 1.82) is 0 Å². The predicted octanol–water partition coefficient (Wildman–Crippen LogP) is 4.30. The van der Waals surface area contributed by atoms with Crippen LogP contribution in [0.15, 0.2) is 47.4 Å². The van der Waals surface area contributed by atoms with Crippen molar-refractivity contribution in [3.05, 3.63) is 53.1 Å². The molecule has 2 heterocycles. The van der Waals surface area contributed by atoms with Crippen LogP contribution in [0.2, 0.25) is 5.02 Å². The first kappa shape index (κ1) is 20.3. The molecule has 1 aliphatic rings. The number of fused-ring (bicyclic) bond motifs is 1. The monoisotopic (exact) mass is 449 g/mol. The zero-order valence-corrected chi connectivity index (χ0v) is 18.1. The van der Waals surface area contributed by atoms with Crippen molar-refractivity contribution in [3.63, 3.8) is 0 Å². The van der Waals surface area contributed by atoms with Crippen molar-refractivity contribution in [3.8, 4) is 0 Å². The molecule has 9 heteroatoms. The van der Waals surface area contributed by atoms with Gasteiger partial charge in [0.15, 0.2) is 5.13 Å². The average Bonchev–Trinajstić information content (AvgIpc) is 3.16. The van der Waals surface area contributed by atoms with E-state index in [4.69, 9.17) is 11.6 Å². The highest BCUT2D eigenvalue weighted by atomic mass is 35.5. The minimum Gasteiger partial charge on any atom is -0.302 e. The quantitative estimate of drug-likeness (QED) is 0.644. The van der Waals surface area contributed by atoms with Gasteiger partial charge < -0.3 is 5.32 Å². The van der Waals surface area contributed by atoms with Crippen LogP contribution >= 0.6 is 22.9 Å². The molecular weight excluding hydrogens is 430 g/mol. The third kappa shape index (κ3) is 4.02. The number of anilines is 1. The molecule has 1 amide bonds. The summed E-state index contributed by atoms with van der Waals surface area (Å²) in [6, 6.07) is 12.0. The van der Waals surface area contributed by atoms with E-state index < -0.39 is 15.9 Å². The van der Waals surface area contributed by atoms with Crippen LogP contribution in [0.25, 0.3) is 10.2 Å². The van der Waals surface area contributed by atoms with E-state index in [-0.39, 0.29) is 17.3 Å². The first-order chi connectivity index (χ1) is 13.9. The molecule has 1 aliphatic heterocycles. The smallest absolute Gasteiger partial charge is 0.243 e. The first-order valence-corrected chi connectivity index (χ1v) is 11.9. The lowest BCUT2D eigenvalue weighted by molar-refractivity contribution is -0.120. The number of carbonyl (C=O) groups is 1. The molecule has 1 fully saturated rings. The number of nitrogens with zero attached hydrogens (tertiary/aromatic N) is 2. The van der Waals surface area contributed by atoms with Gasteiger partial charge in [-0.2, -0.15) is 4.31 Å². The highest BCUT2D eigenvalue weighted by Crippen LogP contribution is 2.34. The summed E-state index contributed by atoms with van der Waals surface area (Å²) in [6.45, 7) is 2.52. The molecule has 6 nitrogen and oxygen atoms in total. The molecule has 1 atom stereocenters. The molecule has 1 unspecified atom stereocenters. The van der Waals surface area contributed by atoms with Gasteiger partial charge in [0.25, 0.3) is 0 Å². The SMILES string of the molecule is Cc1ccc(Cl)c2sc(NC(=O)C3CCCN(S(=O)(=O)c4ccccc4)C3)nc12. The molecule has 0 spiro atoms. The summed E-state index contributed by atoms with van der Waals surface area (Å²) >= 11 is 7.57. The highest BCUT2D eigenvalue weighted by molar-refractivity contribution is 7.89. The average molecular weight is 450 g/mol. The van der Waals surface area contributed by atoms with Crippen LogP contribution in [-0.4, -0.2) is 36.7 Å². The number of amides is 1. The first-order valence-electron chi connectivity index (χ1n) is 9.28. The lowest BCUT2D eigenvalue weighted by Gasteiger charge is -2.31. The van der Waals surface area contributed by atoms with Gasteiger partial charge in [-0.3, -0.25) is 4.79 Å². The van der Waals surface area contributed by atoms with Crippen LogP contribution in [0.4, 0.5) is 5.13 Å². The Labute approximate surface area is 178 Å². The van der Waals surface area contributed by atoms with E-state index in [0.717, 1.165) is 15.8 Å². The summed E-state index contributed by atoms with van der Waals surface area (Å²) in [5.41, 5.74) is 1.76. The number of carbonyl (C=O) groups excluding carboxylic acids is 1. The third-order valence-corrected chi connectivity index (χ3v) is 8.37. The fraction of sp³-hybridized carbons (Fsp3) is 0.300. The van der Waals surface area contributed by atoms with Crippen molar-refractivity contribution < 1.29 is 13.2 Å². The van der Waals surface area contributed by atoms with Crippen molar-refractivity contribution in [2.75, 3.05) is 18.4 Å². The summed E-state index contributed by atoms with van der Waals surface area (Å²) in [5, 5.41) is 3.93. The van der Waals surface area contributed by atoms with E-state index in [1.807, 2.05) is 19.1 Å². The van der Waals surface area contributed by atoms with E-state index >= 15 is 0 Å².